The molecule has 0 bridgehead atoms. The molecule has 7 aromatic carbocycles. The Bertz CT molecular complexity index is 2390. The number of hydrogen-bond acceptors (Lipinski definition) is 1. The van der Waals surface area contributed by atoms with Crippen molar-refractivity contribution in [3.8, 4) is 44.9 Å². The van der Waals surface area contributed by atoms with Crippen LogP contribution in [0.15, 0.2) is 146 Å². The Balaban J connectivity index is 1.36. The fraction of sp³-hybridized carbons (Fsp3) is 0.0909. The number of rotatable bonds is 1. The topological polar surface area (TPSA) is 9.23 Å². The van der Waals surface area contributed by atoms with E-state index < -0.39 is 5.41 Å². The molecule has 7 aromatic rings. The van der Waals surface area contributed by atoms with E-state index in [0.29, 0.717) is 0 Å². The summed E-state index contributed by atoms with van der Waals surface area (Å²) in [5, 5.41) is 2.59. The SMILES string of the molecule is CC1(C)c2ccccc2Oc2cccc(-c3cccc4c3C3(c5ccccc5-4)c4ccccc4-c4c3ccc3ccccc43)c21. The van der Waals surface area contributed by atoms with Crippen molar-refractivity contribution in [2.75, 3.05) is 0 Å². The normalized spacial score (nSPS) is 17.6. The molecule has 1 heteroatoms. The number of ether oxygens (including phenoxy) is 1. The lowest BCUT2D eigenvalue weighted by Crippen LogP contribution is -2.28. The van der Waals surface area contributed by atoms with Crippen LogP contribution in [0.3, 0.4) is 0 Å². The maximum absolute atomic E-state index is 6.63. The monoisotopic (exact) mass is 574 g/mol. The summed E-state index contributed by atoms with van der Waals surface area (Å²) < 4.78 is 6.63. The van der Waals surface area contributed by atoms with Gasteiger partial charge < -0.3 is 4.74 Å². The van der Waals surface area contributed by atoms with Crippen LogP contribution in [0.5, 0.6) is 11.5 Å². The first kappa shape index (κ1) is 25.0. The molecule has 2 aliphatic carbocycles. The minimum Gasteiger partial charge on any atom is -0.457 e. The summed E-state index contributed by atoms with van der Waals surface area (Å²) in [6.45, 7) is 4.69. The standard InChI is InChI=1S/C44H30O/c1-43(2)36-22-9-10-23-38(36)45-39-24-12-19-32(42(39)43)31-18-11-17-30-29-15-5-7-20-34(29)44(41(30)31)35-21-8-6-16-33(35)40-28-14-4-3-13-27(28)25-26-37(40)44/h3-26H,1-2H3. The molecule has 1 aliphatic heterocycles. The zero-order valence-electron chi connectivity index (χ0n) is 25.3. The van der Waals surface area contributed by atoms with E-state index in [-0.39, 0.29) is 5.41 Å². The van der Waals surface area contributed by atoms with Crippen LogP contribution in [-0.4, -0.2) is 0 Å². The fourth-order valence-corrected chi connectivity index (χ4v) is 9.00. The lowest BCUT2D eigenvalue weighted by Gasteiger charge is -2.37. The Labute approximate surface area is 263 Å². The Kier molecular flexibility index (Phi) is 4.78. The summed E-state index contributed by atoms with van der Waals surface area (Å²) in [6, 6.07) is 53.8. The lowest BCUT2D eigenvalue weighted by molar-refractivity contribution is 0.419. The van der Waals surface area contributed by atoms with Crippen molar-refractivity contribution in [1.82, 2.24) is 0 Å². The van der Waals surface area contributed by atoms with E-state index >= 15 is 0 Å². The Morgan fingerprint density at radius 1 is 0.400 bits per heavy atom. The molecule has 0 amide bonds. The summed E-state index contributed by atoms with van der Waals surface area (Å²) in [5.74, 6) is 1.89. The van der Waals surface area contributed by atoms with Gasteiger partial charge >= 0.3 is 0 Å². The van der Waals surface area contributed by atoms with Crippen molar-refractivity contribution < 1.29 is 4.74 Å². The van der Waals surface area contributed by atoms with Crippen molar-refractivity contribution in [3.05, 3.63) is 179 Å². The lowest BCUT2D eigenvalue weighted by atomic mass is 9.67. The first-order chi connectivity index (χ1) is 22.1. The third-order valence-electron chi connectivity index (χ3n) is 10.7. The zero-order valence-corrected chi connectivity index (χ0v) is 25.3. The van der Waals surface area contributed by atoms with Gasteiger partial charge in [-0.2, -0.15) is 0 Å². The predicted octanol–water partition coefficient (Wildman–Crippen LogP) is 11.3. The molecular weight excluding hydrogens is 544 g/mol. The van der Waals surface area contributed by atoms with Gasteiger partial charge in [0, 0.05) is 16.5 Å². The van der Waals surface area contributed by atoms with Crippen LogP contribution in [-0.2, 0) is 10.8 Å². The highest BCUT2D eigenvalue weighted by Gasteiger charge is 2.53. The van der Waals surface area contributed by atoms with Gasteiger partial charge in [-0.1, -0.05) is 147 Å². The van der Waals surface area contributed by atoms with Crippen molar-refractivity contribution in [3.63, 3.8) is 0 Å². The molecule has 1 unspecified atom stereocenters. The average Bonchev–Trinajstić information content (AvgIpc) is 3.56. The third kappa shape index (κ3) is 2.99. The van der Waals surface area contributed by atoms with Crippen LogP contribution in [0.4, 0.5) is 0 Å². The van der Waals surface area contributed by atoms with Crippen LogP contribution in [0.25, 0.3) is 44.2 Å². The number of hydrogen-bond donors (Lipinski definition) is 0. The number of para-hydroxylation sites is 1. The smallest absolute Gasteiger partial charge is 0.132 e. The van der Waals surface area contributed by atoms with Gasteiger partial charge in [0.05, 0.1) is 5.41 Å². The van der Waals surface area contributed by atoms with Crippen molar-refractivity contribution in [2.24, 2.45) is 0 Å². The van der Waals surface area contributed by atoms with Gasteiger partial charge in [-0.3, -0.25) is 0 Å². The minimum atomic E-state index is -0.446. The van der Waals surface area contributed by atoms with Crippen LogP contribution in [0.2, 0.25) is 0 Å². The molecule has 1 atom stereocenters. The molecule has 0 saturated carbocycles. The molecule has 1 heterocycles. The summed E-state index contributed by atoms with van der Waals surface area (Å²) >= 11 is 0. The highest BCUT2D eigenvalue weighted by molar-refractivity contribution is 6.07. The molecular formula is C44H30O. The van der Waals surface area contributed by atoms with E-state index in [2.05, 4.69) is 159 Å². The molecule has 0 saturated heterocycles. The van der Waals surface area contributed by atoms with Gasteiger partial charge in [-0.25, -0.2) is 0 Å². The third-order valence-corrected chi connectivity index (χ3v) is 10.7. The largest absolute Gasteiger partial charge is 0.457 e. The first-order valence-corrected chi connectivity index (χ1v) is 15.9. The van der Waals surface area contributed by atoms with E-state index in [9.17, 15) is 0 Å². The molecule has 10 rings (SSSR count). The van der Waals surface area contributed by atoms with Crippen molar-refractivity contribution >= 4 is 10.8 Å². The first-order valence-electron chi connectivity index (χ1n) is 15.9. The minimum absolute atomic E-state index is 0.246. The van der Waals surface area contributed by atoms with Gasteiger partial charge in [0.2, 0.25) is 0 Å². The van der Waals surface area contributed by atoms with Gasteiger partial charge in [0.1, 0.15) is 11.5 Å². The molecule has 0 fully saturated rings. The Hall–Kier alpha value is -5.40. The molecule has 0 radical (unpaired) electrons. The van der Waals surface area contributed by atoms with Crippen LogP contribution in [0.1, 0.15) is 47.2 Å². The quantitative estimate of drug-likeness (QED) is 0.189. The highest BCUT2D eigenvalue weighted by atomic mass is 16.5. The predicted molar refractivity (Wildman–Crippen MR) is 184 cm³/mol. The van der Waals surface area contributed by atoms with E-state index in [0.717, 1.165) is 11.5 Å². The van der Waals surface area contributed by atoms with E-state index in [1.165, 1.54) is 77.5 Å². The summed E-state index contributed by atoms with van der Waals surface area (Å²) in [4.78, 5) is 0. The fourth-order valence-electron chi connectivity index (χ4n) is 9.00. The second-order valence-corrected chi connectivity index (χ2v) is 13.2. The van der Waals surface area contributed by atoms with E-state index in [1.807, 2.05) is 0 Å². The number of benzene rings is 7. The average molecular weight is 575 g/mol. The molecule has 1 spiro atoms. The molecule has 45 heavy (non-hydrogen) atoms. The molecule has 0 N–H and O–H groups in total. The van der Waals surface area contributed by atoms with Gasteiger partial charge in [-0.15, -0.1) is 0 Å². The second-order valence-electron chi connectivity index (χ2n) is 13.2. The molecule has 3 aliphatic rings. The van der Waals surface area contributed by atoms with Gasteiger partial charge in [-0.05, 0) is 78.5 Å². The summed E-state index contributed by atoms with van der Waals surface area (Å²) in [7, 11) is 0. The maximum Gasteiger partial charge on any atom is 0.132 e. The molecule has 0 aromatic heterocycles. The van der Waals surface area contributed by atoms with Gasteiger partial charge in [0.25, 0.3) is 0 Å². The molecule has 212 valence electrons. The Morgan fingerprint density at radius 2 is 0.956 bits per heavy atom. The molecule has 1 nitrogen and oxygen atoms in total. The summed E-state index contributed by atoms with van der Waals surface area (Å²) in [6.07, 6.45) is 0. The van der Waals surface area contributed by atoms with E-state index in [1.54, 1.807) is 0 Å². The van der Waals surface area contributed by atoms with Crippen LogP contribution >= 0.6 is 0 Å². The van der Waals surface area contributed by atoms with E-state index in [4.69, 9.17) is 4.74 Å². The summed E-state index contributed by atoms with van der Waals surface area (Å²) in [5.41, 5.74) is 15.1. The number of fused-ring (bicyclic) bond motifs is 14. The highest BCUT2D eigenvalue weighted by Crippen LogP contribution is 2.66. The van der Waals surface area contributed by atoms with Crippen molar-refractivity contribution in [2.45, 2.75) is 24.7 Å². The zero-order chi connectivity index (χ0) is 29.9. The maximum atomic E-state index is 6.63. The Morgan fingerprint density at radius 3 is 1.78 bits per heavy atom. The second kappa shape index (κ2) is 8.61. The van der Waals surface area contributed by atoms with Crippen molar-refractivity contribution in [1.29, 1.82) is 0 Å². The van der Waals surface area contributed by atoms with Crippen LogP contribution in [0, 0.1) is 0 Å². The van der Waals surface area contributed by atoms with Gasteiger partial charge in [0.15, 0.2) is 0 Å². The van der Waals surface area contributed by atoms with Crippen LogP contribution < -0.4 is 4.74 Å².